The van der Waals surface area contributed by atoms with Gasteiger partial charge in [-0.25, -0.2) is 0 Å². The van der Waals surface area contributed by atoms with Crippen molar-refractivity contribution in [3.8, 4) is 0 Å². The third kappa shape index (κ3) is 2.18. The summed E-state index contributed by atoms with van der Waals surface area (Å²) in [5, 5.41) is 2.95. The number of fused-ring (bicyclic) bond motifs is 1. The van der Waals surface area contributed by atoms with E-state index < -0.39 is 0 Å². The van der Waals surface area contributed by atoms with E-state index in [1.165, 1.54) is 6.42 Å². The number of carbonyl (C=O) groups is 1. The predicted molar refractivity (Wildman–Crippen MR) is 71.5 cm³/mol. The predicted octanol–water partition coefficient (Wildman–Crippen LogP) is 3.02. The number of halogens is 1. The molecule has 17 heavy (non-hydrogen) atoms. The van der Waals surface area contributed by atoms with E-state index in [2.05, 4.69) is 21.2 Å². The smallest absolute Gasteiger partial charge is 0.227 e. The fraction of sp³-hybridized carbons (Fsp3) is 0.462. The van der Waals surface area contributed by atoms with Crippen LogP contribution in [-0.4, -0.2) is 5.91 Å². The van der Waals surface area contributed by atoms with Crippen molar-refractivity contribution < 1.29 is 4.79 Å². The van der Waals surface area contributed by atoms with E-state index in [-0.39, 0.29) is 11.8 Å². The molecule has 0 heterocycles. The van der Waals surface area contributed by atoms with Gasteiger partial charge in [-0.2, -0.15) is 0 Å². The quantitative estimate of drug-likeness (QED) is 0.824. The van der Waals surface area contributed by atoms with Gasteiger partial charge in [0.25, 0.3) is 0 Å². The lowest BCUT2D eigenvalue weighted by molar-refractivity contribution is -0.120. The molecule has 0 aliphatic heterocycles. The molecule has 1 amide bonds. The molecule has 0 spiro atoms. The Morgan fingerprint density at radius 1 is 1.29 bits per heavy atom. The van der Waals surface area contributed by atoms with Crippen molar-refractivity contribution in [3.63, 3.8) is 0 Å². The minimum absolute atomic E-state index is 0.152. The third-order valence-electron chi connectivity index (χ3n) is 3.88. The summed E-state index contributed by atoms with van der Waals surface area (Å²) < 4.78 is 0.859. The van der Waals surface area contributed by atoms with Crippen LogP contribution in [-0.2, 0) is 4.79 Å². The van der Waals surface area contributed by atoms with Gasteiger partial charge >= 0.3 is 0 Å². The zero-order valence-electron chi connectivity index (χ0n) is 9.45. The largest absolute Gasteiger partial charge is 0.398 e. The molecule has 3 nitrogen and oxygen atoms in total. The maximum atomic E-state index is 12.0. The summed E-state index contributed by atoms with van der Waals surface area (Å²) >= 11 is 3.34. The van der Waals surface area contributed by atoms with E-state index in [1.54, 1.807) is 6.07 Å². The average Bonchev–Trinajstić information content (AvgIpc) is 2.91. The Bertz CT molecular complexity index is 464. The van der Waals surface area contributed by atoms with Crippen molar-refractivity contribution in [2.24, 2.45) is 17.8 Å². The summed E-state index contributed by atoms with van der Waals surface area (Å²) in [5.41, 5.74) is 7.22. The monoisotopic (exact) mass is 294 g/mol. The molecule has 0 saturated heterocycles. The summed E-state index contributed by atoms with van der Waals surface area (Å²) in [6, 6.07) is 5.52. The van der Waals surface area contributed by atoms with Gasteiger partial charge in [-0.15, -0.1) is 0 Å². The fourth-order valence-electron chi connectivity index (χ4n) is 2.79. The molecule has 4 heteroatoms. The van der Waals surface area contributed by atoms with E-state index in [1.807, 2.05) is 12.1 Å². The highest BCUT2D eigenvalue weighted by Crippen LogP contribution is 2.54. The maximum Gasteiger partial charge on any atom is 0.227 e. The van der Waals surface area contributed by atoms with Crippen LogP contribution in [0.5, 0.6) is 0 Å². The van der Waals surface area contributed by atoms with Gasteiger partial charge in [0.1, 0.15) is 0 Å². The van der Waals surface area contributed by atoms with Crippen LogP contribution < -0.4 is 11.1 Å². The highest BCUT2D eigenvalue weighted by atomic mass is 79.9. The standard InChI is InChI=1S/C13H15BrN2O/c14-11-2-1-10(6-12(11)15)16-13(17)9-4-7-3-8(7)5-9/h1-2,6-9H,3-5,15H2,(H,16,17). The van der Waals surface area contributed by atoms with Crippen LogP contribution >= 0.6 is 15.9 Å². The number of rotatable bonds is 2. The number of nitrogens with two attached hydrogens (primary N) is 1. The number of carbonyl (C=O) groups excluding carboxylic acids is 1. The molecule has 0 bridgehead atoms. The SMILES string of the molecule is Nc1cc(NC(=O)C2CC3CC3C2)ccc1Br. The van der Waals surface area contributed by atoms with Crippen LogP contribution in [0.3, 0.4) is 0 Å². The molecule has 2 unspecified atom stereocenters. The third-order valence-corrected chi connectivity index (χ3v) is 4.60. The Morgan fingerprint density at radius 3 is 2.65 bits per heavy atom. The molecular formula is C13H15BrN2O. The minimum atomic E-state index is 0.152. The number of nitrogens with one attached hydrogen (secondary N) is 1. The minimum Gasteiger partial charge on any atom is -0.398 e. The van der Waals surface area contributed by atoms with Crippen LogP contribution in [0, 0.1) is 17.8 Å². The molecular weight excluding hydrogens is 280 g/mol. The van der Waals surface area contributed by atoms with E-state index >= 15 is 0 Å². The molecule has 90 valence electrons. The van der Waals surface area contributed by atoms with Crippen LogP contribution in [0.15, 0.2) is 22.7 Å². The highest BCUT2D eigenvalue weighted by Gasteiger charge is 2.47. The van der Waals surface area contributed by atoms with Gasteiger partial charge in [0.15, 0.2) is 0 Å². The van der Waals surface area contributed by atoms with Crippen molar-refractivity contribution in [2.45, 2.75) is 19.3 Å². The first kappa shape index (κ1) is 11.1. The molecule has 1 aromatic rings. The van der Waals surface area contributed by atoms with Gasteiger partial charge in [-0.3, -0.25) is 4.79 Å². The maximum absolute atomic E-state index is 12.0. The molecule has 2 aliphatic rings. The summed E-state index contributed by atoms with van der Waals surface area (Å²) in [6.07, 6.45) is 3.49. The summed E-state index contributed by atoms with van der Waals surface area (Å²) in [6.45, 7) is 0. The van der Waals surface area contributed by atoms with Gasteiger partial charge in [0.05, 0.1) is 0 Å². The topological polar surface area (TPSA) is 55.1 Å². The Morgan fingerprint density at radius 2 is 2.00 bits per heavy atom. The van der Waals surface area contributed by atoms with E-state index in [4.69, 9.17) is 5.73 Å². The van der Waals surface area contributed by atoms with Gasteiger partial charge < -0.3 is 11.1 Å². The lowest BCUT2D eigenvalue weighted by Crippen LogP contribution is -2.21. The summed E-state index contributed by atoms with van der Waals surface area (Å²) in [7, 11) is 0. The van der Waals surface area contributed by atoms with E-state index in [9.17, 15) is 4.79 Å². The van der Waals surface area contributed by atoms with Gasteiger partial charge in [0, 0.05) is 21.8 Å². The van der Waals surface area contributed by atoms with Crippen LogP contribution in [0.4, 0.5) is 11.4 Å². The first-order valence-corrected chi connectivity index (χ1v) is 6.78. The number of anilines is 2. The van der Waals surface area contributed by atoms with Crippen molar-refractivity contribution >= 4 is 33.2 Å². The van der Waals surface area contributed by atoms with Crippen LogP contribution in [0.1, 0.15) is 19.3 Å². The van der Waals surface area contributed by atoms with Gasteiger partial charge in [0.2, 0.25) is 5.91 Å². The highest BCUT2D eigenvalue weighted by molar-refractivity contribution is 9.10. The van der Waals surface area contributed by atoms with Crippen molar-refractivity contribution in [2.75, 3.05) is 11.1 Å². The number of amides is 1. The molecule has 3 N–H and O–H groups in total. The van der Waals surface area contributed by atoms with Crippen LogP contribution in [0.2, 0.25) is 0 Å². The number of hydrogen-bond donors (Lipinski definition) is 2. The van der Waals surface area contributed by atoms with E-state index in [0.29, 0.717) is 5.69 Å². The number of hydrogen-bond acceptors (Lipinski definition) is 2. The van der Waals surface area contributed by atoms with Crippen molar-refractivity contribution in [1.29, 1.82) is 0 Å². The molecule has 2 atom stereocenters. The molecule has 2 aliphatic carbocycles. The Labute approximate surface area is 109 Å². The molecule has 0 aromatic heterocycles. The fourth-order valence-corrected chi connectivity index (χ4v) is 3.04. The first-order valence-electron chi connectivity index (χ1n) is 5.99. The van der Waals surface area contributed by atoms with Gasteiger partial charge in [-0.1, -0.05) is 0 Å². The Hall–Kier alpha value is -1.03. The lowest BCUT2D eigenvalue weighted by atomic mass is 10.0. The van der Waals surface area contributed by atoms with Gasteiger partial charge in [-0.05, 0) is 65.2 Å². The molecule has 2 saturated carbocycles. The second-order valence-electron chi connectivity index (χ2n) is 5.15. The average molecular weight is 295 g/mol. The first-order chi connectivity index (χ1) is 8.13. The number of benzene rings is 1. The molecule has 1 aromatic carbocycles. The molecule has 2 fully saturated rings. The Balaban J connectivity index is 1.65. The second kappa shape index (κ2) is 4.02. The van der Waals surface area contributed by atoms with Crippen molar-refractivity contribution in [3.05, 3.63) is 22.7 Å². The summed E-state index contributed by atoms with van der Waals surface area (Å²) in [5.74, 6) is 2.03. The van der Waals surface area contributed by atoms with Crippen LogP contribution in [0.25, 0.3) is 0 Å². The zero-order chi connectivity index (χ0) is 12.0. The van der Waals surface area contributed by atoms with E-state index in [0.717, 1.165) is 34.8 Å². The molecule has 3 rings (SSSR count). The lowest BCUT2D eigenvalue weighted by Gasteiger charge is -2.12. The number of nitrogen functional groups attached to an aromatic ring is 1. The second-order valence-corrected chi connectivity index (χ2v) is 6.00. The Kier molecular flexibility index (Phi) is 2.62. The molecule has 0 radical (unpaired) electrons. The normalized spacial score (nSPS) is 29.8. The zero-order valence-corrected chi connectivity index (χ0v) is 11.0. The van der Waals surface area contributed by atoms with Crippen molar-refractivity contribution in [1.82, 2.24) is 0 Å². The summed E-state index contributed by atoms with van der Waals surface area (Å²) in [4.78, 5) is 12.0.